The molecule has 4 heteroatoms. The van der Waals surface area contributed by atoms with Gasteiger partial charge in [0, 0.05) is 23.1 Å². The fraction of sp³-hybridized carbons (Fsp3) is 0.300. The molecule has 2 rings (SSSR count). The molecular weight excluding hydrogens is 196 g/mol. The van der Waals surface area contributed by atoms with Crippen molar-refractivity contribution in [3.8, 4) is 11.3 Å². The van der Waals surface area contributed by atoms with E-state index in [1.54, 1.807) is 22.1 Å². The second kappa shape index (κ2) is 3.46. The minimum atomic E-state index is 0.0289. The van der Waals surface area contributed by atoms with Crippen LogP contribution in [0.25, 0.3) is 11.3 Å². The van der Waals surface area contributed by atoms with Gasteiger partial charge in [-0.1, -0.05) is 0 Å². The summed E-state index contributed by atoms with van der Waals surface area (Å²) in [7, 11) is 0. The van der Waals surface area contributed by atoms with E-state index in [0.717, 1.165) is 11.3 Å². The van der Waals surface area contributed by atoms with Gasteiger partial charge in [-0.2, -0.15) is 11.3 Å². The number of aromatic nitrogens is 2. The van der Waals surface area contributed by atoms with Gasteiger partial charge in [-0.15, -0.1) is 0 Å². The van der Waals surface area contributed by atoms with Crippen LogP contribution in [-0.2, 0) is 0 Å². The van der Waals surface area contributed by atoms with Gasteiger partial charge in [0.2, 0.25) is 0 Å². The third-order valence-corrected chi connectivity index (χ3v) is 2.78. The number of nitrogens with one attached hydrogen (secondary N) is 1. The molecule has 0 fully saturated rings. The lowest BCUT2D eigenvalue weighted by molar-refractivity contribution is 0.518. The summed E-state index contributed by atoms with van der Waals surface area (Å²) in [5.41, 5.74) is 2.00. The molecular formula is C10H12N2OS. The summed E-state index contributed by atoms with van der Waals surface area (Å²) in [6.45, 7) is 3.96. The van der Waals surface area contributed by atoms with E-state index in [0.29, 0.717) is 0 Å². The van der Waals surface area contributed by atoms with Gasteiger partial charge in [0.15, 0.2) is 0 Å². The highest BCUT2D eigenvalue weighted by Crippen LogP contribution is 2.18. The molecule has 0 amide bonds. The molecule has 1 N–H and O–H groups in total. The van der Waals surface area contributed by atoms with Crippen molar-refractivity contribution in [2.24, 2.45) is 0 Å². The Labute approximate surface area is 86.0 Å². The number of nitrogens with zero attached hydrogens (tertiary/aromatic N) is 1. The lowest BCUT2D eigenvalue weighted by atomic mass is 10.2. The predicted octanol–water partition coefficient (Wildman–Crippen LogP) is 2.49. The quantitative estimate of drug-likeness (QED) is 0.809. The Hall–Kier alpha value is -1.29. The van der Waals surface area contributed by atoms with Crippen LogP contribution in [-0.4, -0.2) is 9.78 Å². The maximum absolute atomic E-state index is 11.5. The number of hydrogen-bond acceptors (Lipinski definition) is 2. The molecule has 0 unspecified atom stereocenters. The first-order valence-electron chi connectivity index (χ1n) is 4.52. The van der Waals surface area contributed by atoms with Gasteiger partial charge in [0.25, 0.3) is 5.56 Å². The van der Waals surface area contributed by atoms with Gasteiger partial charge in [0.1, 0.15) is 0 Å². The number of hydrogen-bond donors (Lipinski definition) is 1. The molecule has 3 nitrogen and oxygen atoms in total. The van der Waals surface area contributed by atoms with Crippen LogP contribution in [0.2, 0.25) is 0 Å². The van der Waals surface area contributed by atoms with E-state index in [4.69, 9.17) is 0 Å². The fourth-order valence-corrected chi connectivity index (χ4v) is 2.02. The molecule has 2 aromatic rings. The first-order valence-corrected chi connectivity index (χ1v) is 5.47. The molecule has 0 bridgehead atoms. The van der Waals surface area contributed by atoms with Crippen LogP contribution in [0.3, 0.4) is 0 Å². The molecule has 0 aliphatic carbocycles. The Kier molecular flexibility index (Phi) is 2.29. The van der Waals surface area contributed by atoms with E-state index in [2.05, 4.69) is 5.10 Å². The monoisotopic (exact) mass is 208 g/mol. The van der Waals surface area contributed by atoms with E-state index in [1.165, 1.54) is 0 Å². The molecule has 2 aromatic heterocycles. The van der Waals surface area contributed by atoms with Crippen LogP contribution in [0.15, 0.2) is 27.7 Å². The summed E-state index contributed by atoms with van der Waals surface area (Å²) in [6, 6.07) is 3.82. The van der Waals surface area contributed by atoms with Crippen molar-refractivity contribution < 1.29 is 0 Å². The zero-order valence-corrected chi connectivity index (χ0v) is 8.97. The molecule has 0 radical (unpaired) electrons. The Morgan fingerprint density at radius 3 is 2.79 bits per heavy atom. The highest BCUT2D eigenvalue weighted by atomic mass is 32.1. The molecule has 74 valence electrons. The van der Waals surface area contributed by atoms with Crippen LogP contribution < -0.4 is 5.56 Å². The maximum atomic E-state index is 11.5. The van der Waals surface area contributed by atoms with Gasteiger partial charge in [0.05, 0.1) is 5.69 Å². The normalized spacial score (nSPS) is 11.1. The fourth-order valence-electron chi connectivity index (χ4n) is 1.36. The number of thiophene rings is 1. The Balaban J connectivity index is 2.48. The second-order valence-corrected chi connectivity index (χ2v) is 4.26. The van der Waals surface area contributed by atoms with E-state index in [1.807, 2.05) is 30.7 Å². The van der Waals surface area contributed by atoms with Crippen molar-refractivity contribution in [1.29, 1.82) is 0 Å². The SMILES string of the molecule is CC(C)n1[nH]c(-c2ccsc2)cc1=O. The van der Waals surface area contributed by atoms with E-state index < -0.39 is 0 Å². The molecule has 14 heavy (non-hydrogen) atoms. The minimum absolute atomic E-state index is 0.0289. The van der Waals surface area contributed by atoms with Gasteiger partial charge < -0.3 is 0 Å². The molecule has 0 saturated carbocycles. The van der Waals surface area contributed by atoms with Crippen molar-refractivity contribution in [1.82, 2.24) is 9.78 Å². The Bertz CT molecular complexity index is 465. The molecule has 0 atom stereocenters. The van der Waals surface area contributed by atoms with Crippen LogP contribution in [0.5, 0.6) is 0 Å². The molecule has 0 saturated heterocycles. The molecule has 0 aromatic carbocycles. The second-order valence-electron chi connectivity index (χ2n) is 3.48. The van der Waals surface area contributed by atoms with Crippen LogP contribution in [0, 0.1) is 0 Å². The first-order chi connectivity index (χ1) is 6.68. The van der Waals surface area contributed by atoms with Crippen LogP contribution >= 0.6 is 11.3 Å². The number of H-pyrrole nitrogens is 1. The van der Waals surface area contributed by atoms with Gasteiger partial charge in [-0.25, -0.2) is 0 Å². The summed E-state index contributed by atoms with van der Waals surface area (Å²) in [5.74, 6) is 0. The number of rotatable bonds is 2. The van der Waals surface area contributed by atoms with Crippen molar-refractivity contribution in [3.05, 3.63) is 33.2 Å². The maximum Gasteiger partial charge on any atom is 0.267 e. The van der Waals surface area contributed by atoms with Gasteiger partial charge >= 0.3 is 0 Å². The van der Waals surface area contributed by atoms with Crippen LogP contribution in [0.1, 0.15) is 19.9 Å². The van der Waals surface area contributed by atoms with Crippen molar-refractivity contribution in [3.63, 3.8) is 0 Å². The zero-order valence-electron chi connectivity index (χ0n) is 8.15. The summed E-state index contributed by atoms with van der Waals surface area (Å²) >= 11 is 1.63. The first kappa shape index (κ1) is 9.27. The topological polar surface area (TPSA) is 37.8 Å². The molecule has 0 spiro atoms. The average molecular weight is 208 g/mol. The van der Waals surface area contributed by atoms with Crippen molar-refractivity contribution in [2.45, 2.75) is 19.9 Å². The van der Waals surface area contributed by atoms with E-state index >= 15 is 0 Å². The van der Waals surface area contributed by atoms with E-state index in [-0.39, 0.29) is 11.6 Å². The Morgan fingerprint density at radius 1 is 1.50 bits per heavy atom. The lowest BCUT2D eigenvalue weighted by Gasteiger charge is -2.04. The molecule has 0 aliphatic rings. The van der Waals surface area contributed by atoms with E-state index in [9.17, 15) is 4.79 Å². The summed E-state index contributed by atoms with van der Waals surface area (Å²) < 4.78 is 1.63. The molecule has 2 heterocycles. The van der Waals surface area contributed by atoms with Gasteiger partial charge in [-0.05, 0) is 25.3 Å². The predicted molar refractivity (Wildman–Crippen MR) is 58.8 cm³/mol. The van der Waals surface area contributed by atoms with Crippen molar-refractivity contribution in [2.75, 3.05) is 0 Å². The highest BCUT2D eigenvalue weighted by molar-refractivity contribution is 7.08. The molecule has 0 aliphatic heterocycles. The zero-order chi connectivity index (χ0) is 10.1. The lowest BCUT2D eigenvalue weighted by Crippen LogP contribution is -2.17. The smallest absolute Gasteiger partial charge is 0.267 e. The van der Waals surface area contributed by atoms with Crippen LogP contribution in [0.4, 0.5) is 0 Å². The third kappa shape index (κ3) is 1.53. The largest absolute Gasteiger partial charge is 0.295 e. The Morgan fingerprint density at radius 2 is 2.29 bits per heavy atom. The van der Waals surface area contributed by atoms with Crippen molar-refractivity contribution >= 4 is 11.3 Å². The van der Waals surface area contributed by atoms with Gasteiger partial charge in [-0.3, -0.25) is 14.6 Å². The average Bonchev–Trinajstić information content (AvgIpc) is 2.70. The number of aromatic amines is 1. The standard InChI is InChI=1S/C10H12N2OS/c1-7(2)12-10(13)5-9(11-12)8-3-4-14-6-8/h3-7,11H,1-2H3. The summed E-state index contributed by atoms with van der Waals surface area (Å²) in [6.07, 6.45) is 0. The third-order valence-electron chi connectivity index (χ3n) is 2.09. The minimum Gasteiger partial charge on any atom is -0.295 e. The highest BCUT2D eigenvalue weighted by Gasteiger charge is 2.07. The summed E-state index contributed by atoms with van der Waals surface area (Å²) in [4.78, 5) is 11.5. The summed E-state index contributed by atoms with van der Waals surface area (Å²) in [5, 5.41) is 7.12.